The van der Waals surface area contributed by atoms with Gasteiger partial charge in [0.25, 0.3) is 0 Å². The van der Waals surface area contributed by atoms with Gasteiger partial charge in [-0.05, 0) is 27.5 Å². The van der Waals surface area contributed by atoms with Gasteiger partial charge < -0.3 is 0 Å². The number of rotatable bonds is 0. The van der Waals surface area contributed by atoms with Gasteiger partial charge in [-0.2, -0.15) is 0 Å². The van der Waals surface area contributed by atoms with E-state index in [0.29, 0.717) is 0 Å². The molecule has 0 fully saturated rings. The van der Waals surface area contributed by atoms with Crippen molar-refractivity contribution in [1.29, 1.82) is 0 Å². The van der Waals surface area contributed by atoms with Gasteiger partial charge in [-0.25, -0.2) is 9.97 Å². The normalized spacial score (nSPS) is 9.25. The Hall–Kier alpha value is -0.150. The van der Waals surface area contributed by atoms with Crippen molar-refractivity contribution in [3.63, 3.8) is 0 Å². The molecule has 42 valence electrons. The average molecular weight is 195 g/mol. The molecule has 1 aromatic rings. The first-order valence-electron chi connectivity index (χ1n) is 1.92. The Balaban J connectivity index is 3.03. The van der Waals surface area contributed by atoms with Crippen LogP contribution in [0.2, 0.25) is 5.28 Å². The third kappa shape index (κ3) is 1.42. The third-order valence-corrected chi connectivity index (χ3v) is 1.19. The van der Waals surface area contributed by atoms with E-state index in [9.17, 15) is 0 Å². The molecule has 1 rings (SSSR count). The van der Waals surface area contributed by atoms with Crippen molar-refractivity contribution in [1.82, 2.24) is 9.97 Å². The molecule has 0 aliphatic carbocycles. The topological polar surface area (TPSA) is 25.8 Å². The molecule has 1 aromatic heterocycles. The lowest BCUT2D eigenvalue weighted by molar-refractivity contribution is 1.15. The van der Waals surface area contributed by atoms with E-state index in [4.69, 9.17) is 11.6 Å². The SMILES string of the molecule is Clc1[15n]cc(Br)c[15n]1. The first-order valence-corrected chi connectivity index (χ1v) is 3.09. The number of hydrogen-bond donors (Lipinski definition) is 0. The molecule has 0 aromatic carbocycles. The Bertz CT molecular complexity index is 153. The standard InChI is InChI=1S/C4H2BrClN2/c5-3-1-7-4(6)8-2-3/h1-2H/i7+1,8+1. The summed E-state index contributed by atoms with van der Waals surface area (Å²) < 4.78 is 0.835. The Morgan fingerprint density at radius 3 is 2.25 bits per heavy atom. The van der Waals surface area contributed by atoms with Crippen molar-refractivity contribution >= 4 is 27.5 Å². The van der Waals surface area contributed by atoms with Crippen molar-refractivity contribution < 1.29 is 0 Å². The fourth-order valence-corrected chi connectivity index (χ4v) is 0.599. The van der Waals surface area contributed by atoms with Crippen LogP contribution in [0.4, 0.5) is 0 Å². The molecule has 0 radical (unpaired) electrons. The molecular weight excluding hydrogens is 193 g/mol. The van der Waals surface area contributed by atoms with E-state index < -0.39 is 0 Å². The van der Waals surface area contributed by atoms with E-state index in [-0.39, 0.29) is 5.28 Å². The van der Waals surface area contributed by atoms with E-state index in [1.807, 2.05) is 0 Å². The number of halogens is 2. The molecule has 0 N–H and O–H groups in total. The lowest BCUT2D eigenvalue weighted by Crippen LogP contribution is -1.77. The summed E-state index contributed by atoms with van der Waals surface area (Å²) in [6, 6.07) is 0. The lowest BCUT2D eigenvalue weighted by Gasteiger charge is -1.85. The summed E-state index contributed by atoms with van der Waals surface area (Å²) in [6.45, 7) is 0. The monoisotopic (exact) mass is 194 g/mol. The maximum absolute atomic E-state index is 5.37. The van der Waals surface area contributed by atoms with Crippen LogP contribution in [0.15, 0.2) is 16.9 Å². The van der Waals surface area contributed by atoms with Crippen molar-refractivity contribution in [3.8, 4) is 0 Å². The second-order valence-corrected chi connectivity index (χ2v) is 2.42. The Labute approximate surface area is 60.0 Å². The highest BCUT2D eigenvalue weighted by Gasteiger charge is 1.86. The number of nitrogens with zero attached hydrogens (tertiary/aromatic N) is 2. The molecule has 0 unspecified atom stereocenters. The van der Waals surface area contributed by atoms with Crippen LogP contribution in [0.25, 0.3) is 0 Å². The zero-order valence-electron chi connectivity index (χ0n) is 3.81. The second kappa shape index (κ2) is 2.42. The van der Waals surface area contributed by atoms with Crippen LogP contribution in [0.3, 0.4) is 0 Å². The maximum Gasteiger partial charge on any atom is 0.222 e. The Morgan fingerprint density at radius 2 is 1.88 bits per heavy atom. The molecule has 1 heterocycles. The van der Waals surface area contributed by atoms with Crippen molar-refractivity contribution in [2.24, 2.45) is 0 Å². The highest BCUT2D eigenvalue weighted by Crippen LogP contribution is 2.06. The summed E-state index contributed by atoms with van der Waals surface area (Å²) in [7, 11) is 0. The Morgan fingerprint density at radius 1 is 1.38 bits per heavy atom. The van der Waals surface area contributed by atoms with Crippen LogP contribution in [-0.2, 0) is 0 Å². The molecule has 0 aliphatic rings. The number of hydrogen-bond acceptors (Lipinski definition) is 2. The zero-order valence-corrected chi connectivity index (χ0v) is 6.15. The molecule has 0 amide bonds. The van der Waals surface area contributed by atoms with Gasteiger partial charge >= 0.3 is 0 Å². The highest BCUT2D eigenvalue weighted by molar-refractivity contribution is 9.10. The Kier molecular flexibility index (Phi) is 1.81. The molecular formula is C4H2BrClN2. The third-order valence-electron chi connectivity index (χ3n) is 0.589. The summed E-state index contributed by atoms with van der Waals surface area (Å²) >= 11 is 8.53. The van der Waals surface area contributed by atoms with Gasteiger partial charge in [-0.15, -0.1) is 0 Å². The molecule has 0 aliphatic heterocycles. The smallest absolute Gasteiger partial charge is 0.222 e. The van der Waals surface area contributed by atoms with Crippen molar-refractivity contribution in [2.75, 3.05) is 0 Å². The quantitative estimate of drug-likeness (QED) is 0.591. The minimum atomic E-state index is 0.271. The summed E-state index contributed by atoms with van der Waals surface area (Å²) in [5.41, 5.74) is 0. The van der Waals surface area contributed by atoms with E-state index in [1.54, 1.807) is 12.4 Å². The summed E-state index contributed by atoms with van der Waals surface area (Å²) in [5, 5.41) is 0.271. The van der Waals surface area contributed by atoms with Crippen LogP contribution in [0, 0.1) is 0 Å². The van der Waals surface area contributed by atoms with Gasteiger partial charge in [0.05, 0.1) is 4.47 Å². The van der Waals surface area contributed by atoms with Crippen molar-refractivity contribution in [2.45, 2.75) is 0 Å². The van der Waals surface area contributed by atoms with E-state index in [0.717, 1.165) is 4.47 Å². The summed E-state index contributed by atoms with van der Waals surface area (Å²) in [5.74, 6) is 0. The molecule has 8 heavy (non-hydrogen) atoms. The van der Waals surface area contributed by atoms with Gasteiger partial charge in [0.1, 0.15) is 0 Å². The summed E-state index contributed by atoms with van der Waals surface area (Å²) in [4.78, 5) is 7.37. The van der Waals surface area contributed by atoms with E-state index >= 15 is 0 Å². The first kappa shape index (κ1) is 5.98. The zero-order chi connectivity index (χ0) is 5.98. The minimum Gasteiger partial charge on any atom is -0.225 e. The minimum absolute atomic E-state index is 0.271. The average Bonchev–Trinajstić information content (AvgIpc) is 1.77. The molecule has 0 spiro atoms. The molecule has 0 atom stereocenters. The molecule has 0 saturated heterocycles. The highest BCUT2D eigenvalue weighted by atomic mass is 79.9. The molecule has 2 nitrogen and oxygen atoms in total. The van der Waals surface area contributed by atoms with E-state index in [1.165, 1.54) is 0 Å². The van der Waals surface area contributed by atoms with Crippen LogP contribution in [0.5, 0.6) is 0 Å². The van der Waals surface area contributed by atoms with Crippen molar-refractivity contribution in [3.05, 3.63) is 22.1 Å². The van der Waals surface area contributed by atoms with Gasteiger partial charge in [0, 0.05) is 12.4 Å². The largest absolute Gasteiger partial charge is 0.225 e. The maximum atomic E-state index is 5.37. The lowest BCUT2D eigenvalue weighted by atomic mass is 10.7. The fraction of sp³-hybridized carbons (Fsp3) is 0. The van der Waals surface area contributed by atoms with Gasteiger partial charge in [-0.1, -0.05) is 0 Å². The molecule has 0 bridgehead atoms. The first-order chi connectivity index (χ1) is 3.79. The van der Waals surface area contributed by atoms with Crippen LogP contribution >= 0.6 is 27.5 Å². The van der Waals surface area contributed by atoms with Gasteiger partial charge in [-0.3, -0.25) is 0 Å². The fourth-order valence-electron chi connectivity index (χ4n) is 0.297. The summed E-state index contributed by atoms with van der Waals surface area (Å²) in [6.07, 6.45) is 3.19. The van der Waals surface area contributed by atoms with Gasteiger partial charge in [0.2, 0.25) is 5.28 Å². The van der Waals surface area contributed by atoms with Crippen LogP contribution < -0.4 is 0 Å². The molecule has 0 saturated carbocycles. The predicted octanol–water partition coefficient (Wildman–Crippen LogP) is 1.89. The van der Waals surface area contributed by atoms with Crippen LogP contribution in [0.1, 0.15) is 0 Å². The predicted molar refractivity (Wildman–Crippen MR) is 34.7 cm³/mol. The van der Waals surface area contributed by atoms with Gasteiger partial charge in [0.15, 0.2) is 0 Å². The van der Waals surface area contributed by atoms with E-state index in [2.05, 4.69) is 25.9 Å². The second-order valence-electron chi connectivity index (χ2n) is 1.17. The number of aromatic nitrogens is 2. The van der Waals surface area contributed by atoms with Crippen LogP contribution in [-0.4, -0.2) is 9.97 Å². The molecule has 4 heteroatoms.